The van der Waals surface area contributed by atoms with Crippen molar-refractivity contribution in [2.45, 2.75) is 12.8 Å². The third-order valence-electron chi connectivity index (χ3n) is 2.23. The summed E-state index contributed by atoms with van der Waals surface area (Å²) in [4.78, 5) is 0. The average Bonchev–Trinajstić information content (AvgIpc) is 2.06. The molecule has 0 aromatic carbocycles. The first-order valence-electron chi connectivity index (χ1n) is 3.66. The Hall–Kier alpha value is -0.180. The van der Waals surface area contributed by atoms with E-state index in [-0.39, 0.29) is 0 Å². The molecule has 0 radical (unpaired) electrons. The molecule has 1 heterocycles. The molecular weight excluding hydrogens is 136 g/mol. The van der Waals surface area contributed by atoms with Crippen molar-refractivity contribution in [3.8, 4) is 0 Å². The number of piperidine rings is 1. The Balaban J connectivity index is 2.44. The molecule has 1 nitrogen and oxygen atoms in total. The van der Waals surface area contributed by atoms with Gasteiger partial charge in [-0.25, -0.2) is 0 Å². The van der Waals surface area contributed by atoms with Gasteiger partial charge in [-0.15, -0.1) is 0 Å². The number of halogens is 2. The summed E-state index contributed by atoms with van der Waals surface area (Å²) < 4.78 is 24.5. The summed E-state index contributed by atoms with van der Waals surface area (Å²) in [6.07, 6.45) is 1.28. The van der Waals surface area contributed by atoms with Gasteiger partial charge >= 0.3 is 0 Å². The quantitative estimate of drug-likeness (QED) is 0.624. The largest absolute Gasteiger partial charge is 0.317 e. The summed E-state index contributed by atoms with van der Waals surface area (Å²) in [5, 5.41) is 3.07. The highest BCUT2D eigenvalue weighted by molar-refractivity contribution is 4.83. The molecule has 0 atom stereocenters. The van der Waals surface area contributed by atoms with E-state index in [1.807, 2.05) is 0 Å². The standard InChI is InChI=1S/C7H13F2N/c8-5-7(6-9)1-3-10-4-2-7/h10H,1-6H2. The van der Waals surface area contributed by atoms with Crippen LogP contribution in [-0.4, -0.2) is 26.4 Å². The van der Waals surface area contributed by atoms with Crippen LogP contribution < -0.4 is 5.32 Å². The van der Waals surface area contributed by atoms with Gasteiger partial charge in [0.25, 0.3) is 0 Å². The lowest BCUT2D eigenvalue weighted by Gasteiger charge is -2.32. The monoisotopic (exact) mass is 149 g/mol. The van der Waals surface area contributed by atoms with Gasteiger partial charge in [0.05, 0.1) is 13.3 Å². The molecule has 0 amide bonds. The summed E-state index contributed by atoms with van der Waals surface area (Å²) in [5.41, 5.74) is -0.634. The second-order valence-corrected chi connectivity index (χ2v) is 3.02. The van der Waals surface area contributed by atoms with Gasteiger partial charge in [-0.2, -0.15) is 0 Å². The number of hydrogen-bond donors (Lipinski definition) is 1. The highest BCUT2D eigenvalue weighted by Gasteiger charge is 2.31. The minimum absolute atomic E-state index is 0.509. The van der Waals surface area contributed by atoms with Crippen LogP contribution >= 0.6 is 0 Å². The highest BCUT2D eigenvalue weighted by Crippen LogP contribution is 2.29. The van der Waals surface area contributed by atoms with Crippen molar-refractivity contribution in [1.29, 1.82) is 0 Å². The molecule has 1 aliphatic heterocycles. The van der Waals surface area contributed by atoms with E-state index in [1.165, 1.54) is 0 Å². The average molecular weight is 149 g/mol. The predicted molar refractivity (Wildman–Crippen MR) is 36.5 cm³/mol. The number of nitrogens with one attached hydrogen (secondary N) is 1. The van der Waals surface area contributed by atoms with E-state index in [4.69, 9.17) is 0 Å². The molecule has 1 saturated heterocycles. The van der Waals surface area contributed by atoms with Gasteiger partial charge in [0.2, 0.25) is 0 Å². The van der Waals surface area contributed by atoms with Crippen molar-refractivity contribution in [2.24, 2.45) is 5.41 Å². The lowest BCUT2D eigenvalue weighted by molar-refractivity contribution is 0.108. The summed E-state index contributed by atoms with van der Waals surface area (Å²) in [7, 11) is 0. The Bertz CT molecular complexity index is 93.8. The molecule has 0 saturated carbocycles. The van der Waals surface area contributed by atoms with Crippen molar-refractivity contribution < 1.29 is 8.78 Å². The lowest BCUT2D eigenvalue weighted by Crippen LogP contribution is -2.39. The fraction of sp³-hybridized carbons (Fsp3) is 1.00. The van der Waals surface area contributed by atoms with Crippen LogP contribution in [0.15, 0.2) is 0 Å². The highest BCUT2D eigenvalue weighted by atomic mass is 19.1. The first-order chi connectivity index (χ1) is 4.83. The second-order valence-electron chi connectivity index (χ2n) is 3.02. The van der Waals surface area contributed by atoms with Gasteiger partial charge in [0.15, 0.2) is 0 Å². The molecule has 1 aliphatic rings. The predicted octanol–water partition coefficient (Wildman–Crippen LogP) is 1.30. The maximum absolute atomic E-state index is 12.3. The van der Waals surface area contributed by atoms with Crippen LogP contribution in [0.4, 0.5) is 8.78 Å². The summed E-state index contributed by atoms with van der Waals surface area (Å²) in [6.45, 7) is 0.498. The molecule has 0 aromatic heterocycles. The van der Waals surface area contributed by atoms with Crippen molar-refractivity contribution in [3.05, 3.63) is 0 Å². The lowest BCUT2D eigenvalue weighted by atomic mass is 9.82. The minimum Gasteiger partial charge on any atom is -0.317 e. The van der Waals surface area contributed by atoms with Crippen LogP contribution in [0.1, 0.15) is 12.8 Å². The molecule has 0 aromatic rings. The zero-order valence-electron chi connectivity index (χ0n) is 6.00. The van der Waals surface area contributed by atoms with Crippen molar-refractivity contribution in [2.75, 3.05) is 26.4 Å². The summed E-state index contributed by atoms with van der Waals surface area (Å²) >= 11 is 0. The molecule has 1 N–H and O–H groups in total. The van der Waals surface area contributed by atoms with Crippen LogP contribution in [0.2, 0.25) is 0 Å². The molecule has 0 aliphatic carbocycles. The smallest absolute Gasteiger partial charge is 0.0976 e. The topological polar surface area (TPSA) is 12.0 Å². The summed E-state index contributed by atoms with van der Waals surface area (Å²) in [6, 6.07) is 0. The Labute approximate surface area is 59.8 Å². The summed E-state index contributed by atoms with van der Waals surface area (Å²) in [5.74, 6) is 0. The van der Waals surface area contributed by atoms with E-state index >= 15 is 0 Å². The number of hydrogen-bond acceptors (Lipinski definition) is 1. The molecule has 0 bridgehead atoms. The van der Waals surface area contributed by atoms with Crippen molar-refractivity contribution in [1.82, 2.24) is 5.32 Å². The Morgan fingerprint density at radius 3 is 1.90 bits per heavy atom. The Kier molecular flexibility index (Phi) is 2.60. The fourth-order valence-corrected chi connectivity index (χ4v) is 1.26. The van der Waals surface area contributed by atoms with Crippen LogP contribution in [0.25, 0.3) is 0 Å². The van der Waals surface area contributed by atoms with E-state index in [9.17, 15) is 8.78 Å². The van der Waals surface area contributed by atoms with Gasteiger partial charge < -0.3 is 5.32 Å². The van der Waals surface area contributed by atoms with E-state index in [0.717, 1.165) is 13.1 Å². The molecule has 0 spiro atoms. The molecule has 3 heteroatoms. The van der Waals surface area contributed by atoms with E-state index in [0.29, 0.717) is 12.8 Å². The van der Waals surface area contributed by atoms with Crippen LogP contribution in [-0.2, 0) is 0 Å². The molecule has 0 unspecified atom stereocenters. The zero-order valence-corrected chi connectivity index (χ0v) is 6.00. The molecule has 10 heavy (non-hydrogen) atoms. The van der Waals surface area contributed by atoms with Crippen molar-refractivity contribution in [3.63, 3.8) is 0 Å². The minimum atomic E-state index is -0.634. The molecular formula is C7H13F2N. The third-order valence-corrected chi connectivity index (χ3v) is 2.23. The van der Waals surface area contributed by atoms with Gasteiger partial charge in [0, 0.05) is 5.41 Å². The Morgan fingerprint density at radius 1 is 1.10 bits per heavy atom. The van der Waals surface area contributed by atoms with Gasteiger partial charge in [-0.3, -0.25) is 8.78 Å². The third kappa shape index (κ3) is 1.45. The van der Waals surface area contributed by atoms with Gasteiger partial charge in [-0.1, -0.05) is 0 Å². The van der Waals surface area contributed by atoms with E-state index in [1.54, 1.807) is 0 Å². The maximum Gasteiger partial charge on any atom is 0.0976 e. The first kappa shape index (κ1) is 7.92. The molecule has 60 valence electrons. The van der Waals surface area contributed by atoms with Crippen molar-refractivity contribution >= 4 is 0 Å². The first-order valence-corrected chi connectivity index (χ1v) is 3.66. The maximum atomic E-state index is 12.3. The SMILES string of the molecule is FCC1(CF)CCNCC1. The Morgan fingerprint density at radius 2 is 1.60 bits per heavy atom. The van der Waals surface area contributed by atoms with Gasteiger partial charge in [-0.05, 0) is 25.9 Å². The normalized spacial score (nSPS) is 24.6. The van der Waals surface area contributed by atoms with Crippen LogP contribution in [0.3, 0.4) is 0 Å². The number of rotatable bonds is 2. The molecule has 1 rings (SSSR count). The number of alkyl halides is 2. The second kappa shape index (κ2) is 3.28. The van der Waals surface area contributed by atoms with E-state index < -0.39 is 18.8 Å². The fourth-order valence-electron chi connectivity index (χ4n) is 1.26. The van der Waals surface area contributed by atoms with Crippen LogP contribution in [0, 0.1) is 5.41 Å². The van der Waals surface area contributed by atoms with Gasteiger partial charge in [0.1, 0.15) is 0 Å². The molecule has 1 fully saturated rings. The zero-order chi connectivity index (χ0) is 7.45. The van der Waals surface area contributed by atoms with E-state index in [2.05, 4.69) is 5.32 Å². The van der Waals surface area contributed by atoms with Crippen LogP contribution in [0.5, 0.6) is 0 Å².